The monoisotopic (exact) mass is 249 g/mol. The Morgan fingerprint density at radius 2 is 2.06 bits per heavy atom. The van der Waals surface area contributed by atoms with Crippen molar-refractivity contribution in [3.05, 3.63) is 29.3 Å². The lowest BCUT2D eigenvalue weighted by Crippen LogP contribution is -2.28. The molecule has 0 bridgehead atoms. The quantitative estimate of drug-likeness (QED) is 0.789. The minimum Gasteiger partial charge on any atom is -0.496 e. The van der Waals surface area contributed by atoms with Gasteiger partial charge in [0.2, 0.25) is 0 Å². The second kappa shape index (κ2) is 6.55. The summed E-state index contributed by atoms with van der Waals surface area (Å²) < 4.78 is 5.27. The summed E-state index contributed by atoms with van der Waals surface area (Å²) in [6.07, 6.45) is 0.846. The van der Waals surface area contributed by atoms with E-state index in [1.165, 1.54) is 0 Å². The summed E-state index contributed by atoms with van der Waals surface area (Å²) in [6, 6.07) is 5.61. The van der Waals surface area contributed by atoms with Crippen molar-refractivity contribution in [3.63, 3.8) is 0 Å². The van der Waals surface area contributed by atoms with E-state index in [1.54, 1.807) is 7.11 Å². The summed E-state index contributed by atoms with van der Waals surface area (Å²) in [4.78, 5) is 12.4. The largest absolute Gasteiger partial charge is 0.496 e. The number of ether oxygens (including phenoxy) is 1. The molecule has 3 heteroatoms. The average molecular weight is 249 g/mol. The molecular formula is C15H23NO2. The van der Waals surface area contributed by atoms with Gasteiger partial charge in [-0.25, -0.2) is 0 Å². The van der Waals surface area contributed by atoms with Gasteiger partial charge in [-0.1, -0.05) is 20.8 Å². The normalized spacial score (nSPS) is 12.6. The lowest BCUT2D eigenvalue weighted by molar-refractivity contribution is 0.0892. The highest BCUT2D eigenvalue weighted by atomic mass is 16.5. The van der Waals surface area contributed by atoms with Gasteiger partial charge >= 0.3 is 0 Å². The third-order valence-corrected chi connectivity index (χ3v) is 3.34. The second-order valence-corrected chi connectivity index (χ2v) is 4.83. The Labute approximate surface area is 109 Å². The number of methoxy groups -OCH3 is 1. The van der Waals surface area contributed by atoms with Crippen LogP contribution >= 0.6 is 0 Å². The Bertz CT molecular complexity index is 413. The van der Waals surface area contributed by atoms with E-state index in [1.807, 2.05) is 32.0 Å². The fourth-order valence-electron chi connectivity index (χ4n) is 2.10. The molecule has 1 rings (SSSR count). The molecule has 0 saturated heterocycles. The Balaban J connectivity index is 3.06. The molecule has 0 fully saturated rings. The second-order valence-electron chi connectivity index (χ2n) is 4.83. The van der Waals surface area contributed by atoms with Crippen LogP contribution in [0.15, 0.2) is 18.2 Å². The van der Waals surface area contributed by atoms with Gasteiger partial charge in [0.1, 0.15) is 5.75 Å². The van der Waals surface area contributed by atoms with Crippen LogP contribution in [0.3, 0.4) is 0 Å². The van der Waals surface area contributed by atoms with E-state index >= 15 is 0 Å². The van der Waals surface area contributed by atoms with E-state index in [0.717, 1.165) is 23.3 Å². The summed E-state index contributed by atoms with van der Waals surface area (Å²) in [6.45, 7) is 6.50. The lowest BCUT2D eigenvalue weighted by atomic mass is 9.87. The van der Waals surface area contributed by atoms with Crippen molar-refractivity contribution >= 4 is 5.78 Å². The number of benzene rings is 1. The standard InChI is InChI=1S/C15H23NO2/c1-5-11-8-12(6-7-14(11)18-4)15(17)13(9-16)10(2)3/h6-8,10,13H,5,9,16H2,1-4H3. The van der Waals surface area contributed by atoms with E-state index in [0.29, 0.717) is 6.54 Å². The maximum Gasteiger partial charge on any atom is 0.167 e. The minimum atomic E-state index is -0.108. The Kier molecular flexibility index (Phi) is 5.35. The molecule has 1 aromatic carbocycles. The highest BCUT2D eigenvalue weighted by Gasteiger charge is 2.22. The Hall–Kier alpha value is -1.35. The van der Waals surface area contributed by atoms with Crippen molar-refractivity contribution < 1.29 is 9.53 Å². The topological polar surface area (TPSA) is 52.3 Å². The molecule has 0 aliphatic rings. The summed E-state index contributed by atoms with van der Waals surface area (Å²) in [7, 11) is 1.65. The van der Waals surface area contributed by atoms with Crippen molar-refractivity contribution in [1.29, 1.82) is 0 Å². The first-order valence-corrected chi connectivity index (χ1v) is 6.46. The van der Waals surface area contributed by atoms with Crippen molar-refractivity contribution in [2.75, 3.05) is 13.7 Å². The van der Waals surface area contributed by atoms with Crippen LogP contribution in [0.1, 0.15) is 36.7 Å². The van der Waals surface area contributed by atoms with Crippen LogP contribution in [0, 0.1) is 11.8 Å². The average Bonchev–Trinajstić information content (AvgIpc) is 2.38. The molecule has 0 aliphatic heterocycles. The smallest absolute Gasteiger partial charge is 0.167 e. The van der Waals surface area contributed by atoms with E-state index in [4.69, 9.17) is 10.5 Å². The summed E-state index contributed by atoms with van der Waals surface area (Å²) in [5.41, 5.74) is 7.48. The van der Waals surface area contributed by atoms with Gasteiger partial charge in [-0.05, 0) is 36.1 Å². The van der Waals surface area contributed by atoms with E-state index < -0.39 is 0 Å². The predicted octanol–water partition coefficient (Wildman–Crippen LogP) is 2.67. The zero-order chi connectivity index (χ0) is 13.7. The summed E-state index contributed by atoms with van der Waals surface area (Å²) in [5, 5.41) is 0. The van der Waals surface area contributed by atoms with E-state index in [9.17, 15) is 4.79 Å². The maximum atomic E-state index is 12.4. The number of Topliss-reactive ketones (excluding diaryl/α,β-unsaturated/α-hetero) is 1. The zero-order valence-corrected chi connectivity index (χ0v) is 11.7. The fraction of sp³-hybridized carbons (Fsp3) is 0.533. The molecule has 0 aromatic heterocycles. The van der Waals surface area contributed by atoms with Gasteiger partial charge in [-0.3, -0.25) is 4.79 Å². The number of carbonyl (C=O) groups is 1. The third-order valence-electron chi connectivity index (χ3n) is 3.34. The first kappa shape index (κ1) is 14.7. The number of nitrogens with two attached hydrogens (primary N) is 1. The molecule has 0 saturated carbocycles. The molecular weight excluding hydrogens is 226 g/mol. The molecule has 1 unspecified atom stereocenters. The number of hydrogen-bond acceptors (Lipinski definition) is 3. The highest BCUT2D eigenvalue weighted by Crippen LogP contribution is 2.23. The van der Waals surface area contributed by atoms with Crippen LogP contribution < -0.4 is 10.5 Å². The number of ketones is 1. The lowest BCUT2D eigenvalue weighted by Gasteiger charge is -2.18. The van der Waals surface area contributed by atoms with Gasteiger partial charge in [0.15, 0.2) is 5.78 Å². The molecule has 3 nitrogen and oxygen atoms in total. The number of aryl methyl sites for hydroxylation is 1. The van der Waals surface area contributed by atoms with Crippen LogP contribution in [-0.2, 0) is 6.42 Å². The number of carbonyl (C=O) groups excluding carboxylic acids is 1. The van der Waals surface area contributed by atoms with Crippen LogP contribution in [-0.4, -0.2) is 19.4 Å². The fourth-order valence-corrected chi connectivity index (χ4v) is 2.10. The number of rotatable bonds is 6. The van der Waals surface area contributed by atoms with E-state index in [-0.39, 0.29) is 17.6 Å². The van der Waals surface area contributed by atoms with Gasteiger partial charge < -0.3 is 10.5 Å². The molecule has 0 aliphatic carbocycles. The van der Waals surface area contributed by atoms with Crippen LogP contribution in [0.25, 0.3) is 0 Å². The zero-order valence-electron chi connectivity index (χ0n) is 11.7. The summed E-state index contributed by atoms with van der Waals surface area (Å²) in [5.74, 6) is 1.12. The molecule has 18 heavy (non-hydrogen) atoms. The van der Waals surface area contributed by atoms with Gasteiger partial charge in [0.25, 0.3) is 0 Å². The van der Waals surface area contributed by atoms with Crippen molar-refractivity contribution in [1.82, 2.24) is 0 Å². The summed E-state index contributed by atoms with van der Waals surface area (Å²) >= 11 is 0. The molecule has 1 aromatic rings. The van der Waals surface area contributed by atoms with Gasteiger partial charge in [-0.15, -0.1) is 0 Å². The Morgan fingerprint density at radius 3 is 2.50 bits per heavy atom. The first-order chi connectivity index (χ1) is 8.54. The van der Waals surface area contributed by atoms with Crippen LogP contribution in [0.5, 0.6) is 5.75 Å². The molecule has 0 spiro atoms. The Morgan fingerprint density at radius 1 is 1.39 bits per heavy atom. The molecule has 1 atom stereocenters. The predicted molar refractivity (Wildman–Crippen MR) is 74.1 cm³/mol. The molecule has 0 amide bonds. The van der Waals surface area contributed by atoms with Crippen molar-refractivity contribution in [3.8, 4) is 5.75 Å². The van der Waals surface area contributed by atoms with E-state index in [2.05, 4.69) is 6.92 Å². The third kappa shape index (κ3) is 3.10. The minimum absolute atomic E-state index is 0.108. The SMILES string of the molecule is CCc1cc(C(=O)C(CN)C(C)C)ccc1OC. The highest BCUT2D eigenvalue weighted by molar-refractivity contribution is 5.98. The van der Waals surface area contributed by atoms with Crippen molar-refractivity contribution in [2.45, 2.75) is 27.2 Å². The molecule has 2 N–H and O–H groups in total. The van der Waals surface area contributed by atoms with Crippen LogP contribution in [0.2, 0.25) is 0 Å². The molecule has 0 radical (unpaired) electrons. The van der Waals surface area contributed by atoms with Crippen molar-refractivity contribution in [2.24, 2.45) is 17.6 Å². The van der Waals surface area contributed by atoms with Crippen LogP contribution in [0.4, 0.5) is 0 Å². The number of hydrogen-bond donors (Lipinski definition) is 1. The van der Waals surface area contributed by atoms with Gasteiger partial charge in [0, 0.05) is 18.0 Å². The molecule has 100 valence electrons. The first-order valence-electron chi connectivity index (χ1n) is 6.46. The van der Waals surface area contributed by atoms with Gasteiger partial charge in [0.05, 0.1) is 7.11 Å². The molecule has 0 heterocycles. The van der Waals surface area contributed by atoms with Gasteiger partial charge in [-0.2, -0.15) is 0 Å². The maximum absolute atomic E-state index is 12.4.